The van der Waals surface area contributed by atoms with E-state index in [1.807, 2.05) is 67.6 Å². The van der Waals surface area contributed by atoms with Gasteiger partial charge in [-0.3, -0.25) is 0 Å². The average Bonchev–Trinajstić information content (AvgIpc) is 3.11. The van der Waals surface area contributed by atoms with E-state index in [1.165, 1.54) is 9.36 Å². The van der Waals surface area contributed by atoms with Gasteiger partial charge >= 0.3 is 5.69 Å². The lowest BCUT2D eigenvalue weighted by Gasteiger charge is -2.14. The average molecular weight is 397 g/mol. The lowest BCUT2D eigenvalue weighted by Crippen LogP contribution is -2.23. The molecule has 0 saturated carbocycles. The predicted molar refractivity (Wildman–Crippen MR) is 114 cm³/mol. The van der Waals surface area contributed by atoms with Crippen LogP contribution in [0, 0.1) is 13.5 Å². The molecule has 0 radical (unpaired) electrons. The van der Waals surface area contributed by atoms with Gasteiger partial charge in [0, 0.05) is 12.6 Å². The van der Waals surface area contributed by atoms with Gasteiger partial charge in [-0.1, -0.05) is 48.5 Å². The molecule has 0 N–H and O–H groups in total. The van der Waals surface area contributed by atoms with Crippen molar-refractivity contribution in [3.8, 4) is 22.6 Å². The Morgan fingerprint density at radius 1 is 1.03 bits per heavy atom. The van der Waals surface area contributed by atoms with E-state index in [0.29, 0.717) is 17.1 Å². The van der Waals surface area contributed by atoms with Crippen molar-refractivity contribution in [2.75, 3.05) is 0 Å². The topological polar surface area (TPSA) is 66.3 Å². The third-order valence-electron chi connectivity index (χ3n) is 4.89. The van der Waals surface area contributed by atoms with Gasteiger partial charge in [0.2, 0.25) is 0 Å². The number of aromatic nitrogens is 4. The van der Waals surface area contributed by atoms with E-state index in [2.05, 4.69) is 15.3 Å². The summed E-state index contributed by atoms with van der Waals surface area (Å²) in [5, 5.41) is 7.72. The van der Waals surface area contributed by atoms with Crippen molar-refractivity contribution in [1.29, 1.82) is 0 Å². The Kier molecular flexibility index (Phi) is 5.14. The second kappa shape index (κ2) is 8.05. The fraction of sp³-hybridized carbons (Fsp3) is 0.130. The minimum absolute atomic E-state index is 0.229. The van der Waals surface area contributed by atoms with Crippen LogP contribution in [-0.2, 0) is 13.7 Å². The van der Waals surface area contributed by atoms with Gasteiger partial charge in [-0.05, 0) is 52.2 Å². The van der Waals surface area contributed by atoms with Crippen molar-refractivity contribution in [1.82, 2.24) is 19.8 Å². The molecule has 0 aliphatic heterocycles. The van der Waals surface area contributed by atoms with Crippen molar-refractivity contribution in [3.05, 3.63) is 99.8 Å². The number of benzene rings is 3. The van der Waals surface area contributed by atoms with Crippen LogP contribution in [0.25, 0.3) is 21.7 Å². The highest BCUT2D eigenvalue weighted by Crippen LogP contribution is 2.34. The summed E-state index contributed by atoms with van der Waals surface area (Å²) in [7, 11) is 1.55. The van der Waals surface area contributed by atoms with Gasteiger partial charge in [0.05, 0.1) is 12.3 Å². The molecule has 7 heteroatoms. The Bertz CT molecular complexity index is 1300. The van der Waals surface area contributed by atoms with Crippen molar-refractivity contribution in [2.24, 2.45) is 7.05 Å². The molecule has 1 heterocycles. The summed E-state index contributed by atoms with van der Waals surface area (Å²) in [4.78, 5) is 16.0. The van der Waals surface area contributed by atoms with Crippen molar-refractivity contribution >= 4 is 5.69 Å². The molecule has 4 rings (SSSR count). The molecule has 0 bridgehead atoms. The minimum atomic E-state index is -0.329. The Hall–Kier alpha value is -4.18. The van der Waals surface area contributed by atoms with E-state index < -0.39 is 0 Å². The maximum Gasteiger partial charge on any atom is 0.368 e. The summed E-state index contributed by atoms with van der Waals surface area (Å²) in [5.74, 6) is 0.585. The van der Waals surface area contributed by atoms with Crippen LogP contribution in [0.15, 0.2) is 71.5 Å². The molecule has 30 heavy (non-hydrogen) atoms. The first kappa shape index (κ1) is 19.2. The summed E-state index contributed by atoms with van der Waals surface area (Å²) < 4.78 is 8.44. The van der Waals surface area contributed by atoms with E-state index in [4.69, 9.17) is 11.3 Å². The monoisotopic (exact) mass is 397 g/mol. The van der Waals surface area contributed by atoms with Crippen LogP contribution in [0.2, 0.25) is 0 Å². The molecule has 0 spiro atoms. The number of ether oxygens (including phenoxy) is 1. The van der Waals surface area contributed by atoms with E-state index in [0.717, 1.165) is 22.3 Å². The van der Waals surface area contributed by atoms with Crippen LogP contribution in [0.5, 0.6) is 5.75 Å². The summed E-state index contributed by atoms with van der Waals surface area (Å²) in [5.41, 5.74) is 4.46. The fourth-order valence-corrected chi connectivity index (χ4v) is 3.25. The number of tetrazole rings is 1. The molecule has 0 aliphatic carbocycles. The van der Waals surface area contributed by atoms with Gasteiger partial charge in [-0.25, -0.2) is 9.64 Å². The van der Waals surface area contributed by atoms with Gasteiger partial charge in [0.1, 0.15) is 12.4 Å². The Labute approximate surface area is 173 Å². The third kappa shape index (κ3) is 3.59. The number of hydrogen-bond donors (Lipinski definition) is 0. The lowest BCUT2D eigenvalue weighted by atomic mass is 10.0. The molecule has 7 nitrogen and oxygen atoms in total. The Morgan fingerprint density at radius 2 is 1.83 bits per heavy atom. The predicted octanol–water partition coefficient (Wildman–Crippen LogP) is 4.07. The van der Waals surface area contributed by atoms with Crippen LogP contribution >= 0.6 is 0 Å². The van der Waals surface area contributed by atoms with E-state index in [1.54, 1.807) is 13.1 Å². The third-order valence-corrected chi connectivity index (χ3v) is 4.89. The van der Waals surface area contributed by atoms with Crippen molar-refractivity contribution in [3.63, 3.8) is 0 Å². The zero-order chi connectivity index (χ0) is 21.1. The molecule has 148 valence electrons. The first-order valence-electron chi connectivity index (χ1n) is 9.36. The standard InChI is InChI=1S/C23H19N5O2/c1-16-8-7-11-22(28-23(29)27(3)25-26-28)20(16)15-30-18-12-13-19(21(14-18)24-2)17-9-5-4-6-10-17/h4-14H,15H2,1,3H3. The van der Waals surface area contributed by atoms with E-state index in [-0.39, 0.29) is 12.3 Å². The summed E-state index contributed by atoms with van der Waals surface area (Å²) >= 11 is 0. The Balaban J connectivity index is 1.64. The number of hydrogen-bond acceptors (Lipinski definition) is 4. The zero-order valence-electron chi connectivity index (χ0n) is 16.6. The van der Waals surface area contributed by atoms with E-state index in [9.17, 15) is 4.79 Å². The molecular formula is C23H19N5O2. The van der Waals surface area contributed by atoms with Crippen molar-refractivity contribution < 1.29 is 4.74 Å². The fourth-order valence-electron chi connectivity index (χ4n) is 3.25. The normalized spacial score (nSPS) is 10.6. The number of nitrogens with zero attached hydrogens (tertiary/aromatic N) is 5. The molecule has 0 fully saturated rings. The molecule has 0 aliphatic rings. The van der Waals surface area contributed by atoms with Crippen LogP contribution < -0.4 is 10.4 Å². The second-order valence-electron chi connectivity index (χ2n) is 6.81. The minimum Gasteiger partial charge on any atom is -0.490 e. The highest BCUT2D eigenvalue weighted by Gasteiger charge is 2.14. The molecule has 0 amide bonds. The van der Waals surface area contributed by atoms with Crippen LogP contribution in [0.1, 0.15) is 11.1 Å². The number of rotatable bonds is 5. The molecular weight excluding hydrogens is 378 g/mol. The van der Waals surface area contributed by atoms with Gasteiger partial charge in [0.25, 0.3) is 0 Å². The maximum atomic E-state index is 12.3. The lowest BCUT2D eigenvalue weighted by molar-refractivity contribution is 0.305. The van der Waals surface area contributed by atoms with Crippen LogP contribution in [0.3, 0.4) is 0 Å². The molecule has 0 unspecified atom stereocenters. The molecule has 3 aromatic carbocycles. The maximum absolute atomic E-state index is 12.3. The highest BCUT2D eigenvalue weighted by molar-refractivity contribution is 5.79. The summed E-state index contributed by atoms with van der Waals surface area (Å²) in [6.45, 7) is 9.73. The quantitative estimate of drug-likeness (QED) is 0.476. The summed E-state index contributed by atoms with van der Waals surface area (Å²) in [6.07, 6.45) is 0. The van der Waals surface area contributed by atoms with Gasteiger partial charge in [0.15, 0.2) is 5.69 Å². The van der Waals surface area contributed by atoms with Crippen LogP contribution in [-0.4, -0.2) is 19.8 Å². The first-order valence-corrected chi connectivity index (χ1v) is 9.36. The van der Waals surface area contributed by atoms with Gasteiger partial charge in [-0.15, -0.1) is 0 Å². The second-order valence-corrected chi connectivity index (χ2v) is 6.81. The largest absolute Gasteiger partial charge is 0.490 e. The molecule has 0 saturated heterocycles. The smallest absolute Gasteiger partial charge is 0.368 e. The SMILES string of the molecule is [C-]#[N+]c1cc(OCc2c(C)cccc2-n2nnn(C)c2=O)ccc1-c1ccccc1. The number of aryl methyl sites for hydroxylation is 2. The van der Waals surface area contributed by atoms with Crippen LogP contribution in [0.4, 0.5) is 5.69 Å². The summed E-state index contributed by atoms with van der Waals surface area (Å²) in [6, 6.07) is 20.9. The van der Waals surface area contributed by atoms with E-state index >= 15 is 0 Å². The molecule has 0 atom stereocenters. The van der Waals surface area contributed by atoms with Crippen molar-refractivity contribution in [2.45, 2.75) is 13.5 Å². The zero-order valence-corrected chi connectivity index (χ0v) is 16.6. The van der Waals surface area contributed by atoms with Gasteiger partial charge < -0.3 is 4.74 Å². The first-order chi connectivity index (χ1) is 14.6. The van der Waals surface area contributed by atoms with Gasteiger partial charge in [-0.2, -0.15) is 9.36 Å². The molecule has 4 aromatic rings. The highest BCUT2D eigenvalue weighted by atomic mass is 16.5. The Morgan fingerprint density at radius 3 is 2.53 bits per heavy atom. The molecule has 1 aromatic heterocycles.